The average Bonchev–Trinajstić information content (AvgIpc) is 2.58. The summed E-state index contributed by atoms with van der Waals surface area (Å²) >= 11 is 1.26. The molecular formula is C18H21N4O3S-. The van der Waals surface area contributed by atoms with E-state index in [9.17, 15) is 9.90 Å². The molecule has 138 valence electrons. The Labute approximate surface area is 156 Å². The summed E-state index contributed by atoms with van der Waals surface area (Å²) in [5, 5.41) is 14.9. The second-order valence-electron chi connectivity index (χ2n) is 5.67. The molecular weight excluding hydrogens is 352 g/mol. The SMILES string of the molecule is COc1ccc(/C(C)=N\Nc2nc(C)cc(C)n2)cc1CSCC(=O)[O-]. The van der Waals surface area contributed by atoms with Crippen LogP contribution in [0.1, 0.15) is 29.4 Å². The molecule has 0 fully saturated rings. The van der Waals surface area contributed by atoms with Gasteiger partial charge in [-0.3, -0.25) is 0 Å². The fraction of sp³-hybridized carbons (Fsp3) is 0.333. The van der Waals surface area contributed by atoms with Crippen molar-refractivity contribution >= 4 is 29.4 Å². The maximum Gasteiger partial charge on any atom is 0.243 e. The normalized spacial score (nSPS) is 11.3. The van der Waals surface area contributed by atoms with Crippen LogP contribution in [0.15, 0.2) is 29.4 Å². The summed E-state index contributed by atoms with van der Waals surface area (Å²) in [6.07, 6.45) is 0. The van der Waals surface area contributed by atoms with Crippen molar-refractivity contribution in [1.29, 1.82) is 0 Å². The van der Waals surface area contributed by atoms with Crippen molar-refractivity contribution in [3.8, 4) is 5.75 Å². The number of hydrazone groups is 1. The largest absolute Gasteiger partial charge is 0.549 e. The van der Waals surface area contributed by atoms with Crippen molar-refractivity contribution in [3.05, 3.63) is 46.8 Å². The van der Waals surface area contributed by atoms with E-state index < -0.39 is 5.97 Å². The second kappa shape index (κ2) is 9.19. The van der Waals surface area contributed by atoms with Gasteiger partial charge in [-0.05, 0) is 50.6 Å². The van der Waals surface area contributed by atoms with Crippen LogP contribution in [0.4, 0.5) is 5.95 Å². The smallest absolute Gasteiger partial charge is 0.243 e. The minimum Gasteiger partial charge on any atom is -0.549 e. The number of methoxy groups -OCH3 is 1. The number of aryl methyl sites for hydroxylation is 2. The highest BCUT2D eigenvalue weighted by atomic mass is 32.2. The van der Waals surface area contributed by atoms with Crippen molar-refractivity contribution in [1.82, 2.24) is 9.97 Å². The molecule has 1 aromatic carbocycles. The Kier molecular flexibility index (Phi) is 6.97. The lowest BCUT2D eigenvalue weighted by atomic mass is 10.1. The molecule has 0 amide bonds. The molecule has 1 heterocycles. The molecule has 26 heavy (non-hydrogen) atoms. The van der Waals surface area contributed by atoms with E-state index in [0.717, 1.165) is 28.2 Å². The number of anilines is 1. The lowest BCUT2D eigenvalue weighted by Gasteiger charge is -2.11. The van der Waals surface area contributed by atoms with E-state index in [1.54, 1.807) is 7.11 Å². The molecule has 0 radical (unpaired) electrons. The number of benzene rings is 1. The molecule has 1 aromatic heterocycles. The molecule has 8 heteroatoms. The Morgan fingerprint density at radius 1 is 1.27 bits per heavy atom. The lowest BCUT2D eigenvalue weighted by molar-refractivity contribution is -0.301. The van der Waals surface area contributed by atoms with E-state index in [-0.39, 0.29) is 5.75 Å². The van der Waals surface area contributed by atoms with Gasteiger partial charge < -0.3 is 14.6 Å². The van der Waals surface area contributed by atoms with Crippen LogP contribution in [-0.4, -0.2) is 34.5 Å². The number of nitrogens with zero attached hydrogens (tertiary/aromatic N) is 3. The zero-order valence-electron chi connectivity index (χ0n) is 15.2. The highest BCUT2D eigenvalue weighted by Crippen LogP contribution is 2.25. The van der Waals surface area contributed by atoms with Crippen molar-refractivity contribution in [3.63, 3.8) is 0 Å². The molecule has 2 rings (SSSR count). The number of carbonyl (C=O) groups is 1. The highest BCUT2D eigenvalue weighted by molar-refractivity contribution is 7.99. The number of carboxylic acid groups (broad SMARTS) is 1. The van der Waals surface area contributed by atoms with Gasteiger partial charge in [0.15, 0.2) is 0 Å². The summed E-state index contributed by atoms with van der Waals surface area (Å²) in [5.41, 5.74) is 7.15. The number of hydrogen-bond acceptors (Lipinski definition) is 8. The third-order valence-electron chi connectivity index (χ3n) is 3.48. The Bertz CT molecular complexity index is 804. The minimum absolute atomic E-state index is 0.0634. The average molecular weight is 373 g/mol. The highest BCUT2D eigenvalue weighted by Gasteiger charge is 2.07. The lowest BCUT2D eigenvalue weighted by Crippen LogP contribution is -2.24. The van der Waals surface area contributed by atoms with Gasteiger partial charge in [0.2, 0.25) is 5.95 Å². The second-order valence-corrected chi connectivity index (χ2v) is 6.66. The van der Waals surface area contributed by atoms with E-state index in [0.29, 0.717) is 17.5 Å². The summed E-state index contributed by atoms with van der Waals surface area (Å²) < 4.78 is 5.34. The number of ether oxygens (including phenoxy) is 1. The van der Waals surface area contributed by atoms with Crippen LogP contribution in [-0.2, 0) is 10.5 Å². The van der Waals surface area contributed by atoms with E-state index in [2.05, 4.69) is 20.5 Å². The Morgan fingerprint density at radius 2 is 1.96 bits per heavy atom. The van der Waals surface area contributed by atoms with Crippen molar-refractivity contribution in [2.24, 2.45) is 5.10 Å². The van der Waals surface area contributed by atoms with Crippen LogP contribution in [0.25, 0.3) is 0 Å². The van der Waals surface area contributed by atoms with Gasteiger partial charge in [0.25, 0.3) is 0 Å². The topological polar surface area (TPSA) is 99.5 Å². The fourth-order valence-corrected chi connectivity index (χ4v) is 3.05. The van der Waals surface area contributed by atoms with Gasteiger partial charge in [0.05, 0.1) is 18.8 Å². The number of hydrogen-bond donors (Lipinski definition) is 1. The van der Waals surface area contributed by atoms with Gasteiger partial charge in [-0.1, -0.05) is 0 Å². The summed E-state index contributed by atoms with van der Waals surface area (Å²) in [4.78, 5) is 19.2. The first kappa shape index (κ1) is 19.7. The van der Waals surface area contributed by atoms with E-state index in [4.69, 9.17) is 4.74 Å². The quantitative estimate of drug-likeness (QED) is 0.557. The molecule has 0 saturated heterocycles. The summed E-state index contributed by atoms with van der Waals surface area (Å²) in [7, 11) is 1.59. The molecule has 0 aliphatic heterocycles. The summed E-state index contributed by atoms with van der Waals surface area (Å²) in [6.45, 7) is 5.67. The van der Waals surface area contributed by atoms with E-state index in [1.807, 2.05) is 45.0 Å². The molecule has 0 bridgehead atoms. The van der Waals surface area contributed by atoms with E-state index in [1.165, 1.54) is 11.8 Å². The van der Waals surface area contributed by atoms with Gasteiger partial charge >= 0.3 is 0 Å². The summed E-state index contributed by atoms with van der Waals surface area (Å²) in [5.74, 6) is 0.511. The Morgan fingerprint density at radius 3 is 2.58 bits per heavy atom. The molecule has 0 aliphatic rings. The minimum atomic E-state index is -1.08. The third kappa shape index (κ3) is 5.73. The maximum absolute atomic E-state index is 10.6. The summed E-state index contributed by atoms with van der Waals surface area (Å²) in [6, 6.07) is 7.57. The first-order valence-corrected chi connectivity index (χ1v) is 9.12. The number of carboxylic acids is 1. The molecule has 7 nitrogen and oxygen atoms in total. The van der Waals surface area contributed by atoms with Crippen LogP contribution in [0.5, 0.6) is 5.75 Å². The number of carbonyl (C=O) groups excluding carboxylic acids is 1. The predicted molar refractivity (Wildman–Crippen MR) is 102 cm³/mol. The zero-order chi connectivity index (χ0) is 19.1. The van der Waals surface area contributed by atoms with Crippen LogP contribution < -0.4 is 15.3 Å². The van der Waals surface area contributed by atoms with Crippen molar-refractivity contribution in [2.45, 2.75) is 26.5 Å². The monoisotopic (exact) mass is 373 g/mol. The Hall–Kier alpha value is -2.61. The predicted octanol–water partition coefficient (Wildman–Crippen LogP) is 1.92. The van der Waals surface area contributed by atoms with Crippen LogP contribution >= 0.6 is 11.8 Å². The number of aromatic nitrogens is 2. The van der Waals surface area contributed by atoms with Gasteiger partial charge in [0.1, 0.15) is 5.75 Å². The zero-order valence-corrected chi connectivity index (χ0v) is 16.0. The van der Waals surface area contributed by atoms with Gasteiger partial charge in [-0.2, -0.15) is 16.9 Å². The molecule has 0 spiro atoms. The number of aliphatic carboxylic acids is 1. The van der Waals surface area contributed by atoms with Gasteiger partial charge in [-0.25, -0.2) is 15.4 Å². The fourth-order valence-electron chi connectivity index (χ4n) is 2.34. The third-order valence-corrected chi connectivity index (χ3v) is 4.44. The van der Waals surface area contributed by atoms with Gasteiger partial charge in [0, 0.05) is 28.5 Å². The number of rotatable bonds is 8. The molecule has 0 atom stereocenters. The molecule has 2 aromatic rings. The first-order chi connectivity index (χ1) is 12.4. The van der Waals surface area contributed by atoms with Crippen molar-refractivity contribution < 1.29 is 14.6 Å². The van der Waals surface area contributed by atoms with Crippen LogP contribution in [0.2, 0.25) is 0 Å². The molecule has 0 unspecified atom stereocenters. The van der Waals surface area contributed by atoms with Gasteiger partial charge in [-0.15, -0.1) is 0 Å². The van der Waals surface area contributed by atoms with Crippen LogP contribution in [0.3, 0.4) is 0 Å². The standard InChI is InChI=1S/C18H22N4O3S/c1-11-7-12(2)20-18(19-11)22-21-13(3)14-5-6-16(25-4)15(8-14)9-26-10-17(23)24/h5-8H,9-10H2,1-4H3,(H,23,24)(H,19,20,22)/p-1/b21-13-. The van der Waals surface area contributed by atoms with Crippen LogP contribution in [0, 0.1) is 13.8 Å². The van der Waals surface area contributed by atoms with E-state index >= 15 is 0 Å². The number of thioether (sulfide) groups is 1. The molecule has 0 aliphatic carbocycles. The molecule has 0 saturated carbocycles. The Balaban J connectivity index is 2.16. The first-order valence-electron chi connectivity index (χ1n) is 7.96. The van der Waals surface area contributed by atoms with Crippen molar-refractivity contribution in [2.75, 3.05) is 18.3 Å². The molecule has 1 N–H and O–H groups in total. The number of nitrogens with one attached hydrogen (secondary N) is 1. The maximum atomic E-state index is 10.6.